The van der Waals surface area contributed by atoms with Crippen LogP contribution in [0.4, 0.5) is 5.82 Å². The Hall–Kier alpha value is -2.31. The summed E-state index contributed by atoms with van der Waals surface area (Å²) in [7, 11) is 0. The summed E-state index contributed by atoms with van der Waals surface area (Å²) in [5.74, 6) is -0.744. The zero-order valence-electron chi connectivity index (χ0n) is 11.9. The van der Waals surface area contributed by atoms with Crippen LogP contribution in [0.25, 0.3) is 0 Å². The maximum Gasteiger partial charge on any atom is 0.347 e. The Morgan fingerprint density at radius 1 is 1.25 bits per heavy atom. The summed E-state index contributed by atoms with van der Waals surface area (Å²) in [6.45, 7) is 6.15. The van der Waals surface area contributed by atoms with E-state index in [1.54, 1.807) is 31.0 Å². The molecular formula is C13H19N3O4. The van der Waals surface area contributed by atoms with E-state index in [0.29, 0.717) is 12.4 Å². The molecule has 0 spiro atoms. The maximum absolute atomic E-state index is 11.8. The molecule has 1 heterocycles. The van der Waals surface area contributed by atoms with Crippen LogP contribution in [-0.4, -0.2) is 41.9 Å². The number of aromatic nitrogens is 2. The summed E-state index contributed by atoms with van der Waals surface area (Å²) in [4.78, 5) is 25.4. The maximum atomic E-state index is 11.8. The quantitative estimate of drug-likeness (QED) is 0.350. The van der Waals surface area contributed by atoms with Gasteiger partial charge in [-0.3, -0.25) is 5.10 Å². The fraction of sp³-hybridized carbons (Fsp3) is 0.462. The predicted molar refractivity (Wildman–Crippen MR) is 73.0 cm³/mol. The molecule has 0 aromatic carbocycles. The van der Waals surface area contributed by atoms with E-state index in [1.807, 2.05) is 6.92 Å². The minimum atomic E-state index is -0.705. The van der Waals surface area contributed by atoms with E-state index >= 15 is 0 Å². The van der Waals surface area contributed by atoms with E-state index in [2.05, 4.69) is 10.2 Å². The lowest BCUT2D eigenvalue weighted by molar-refractivity contribution is -0.146. The van der Waals surface area contributed by atoms with Crippen molar-refractivity contribution in [2.45, 2.75) is 20.8 Å². The number of nitrogens with one attached hydrogen (secondary N) is 1. The zero-order valence-corrected chi connectivity index (χ0v) is 11.9. The highest BCUT2D eigenvalue weighted by atomic mass is 16.6. The van der Waals surface area contributed by atoms with E-state index in [4.69, 9.17) is 9.47 Å². The molecule has 0 atom stereocenters. The van der Waals surface area contributed by atoms with Gasteiger partial charge in [-0.15, -0.1) is 0 Å². The van der Waals surface area contributed by atoms with Crippen LogP contribution < -0.4 is 4.90 Å². The molecule has 0 radical (unpaired) electrons. The molecule has 20 heavy (non-hydrogen) atoms. The first kappa shape index (κ1) is 15.7. The van der Waals surface area contributed by atoms with Crippen LogP contribution in [0.15, 0.2) is 24.0 Å². The molecule has 0 unspecified atom stereocenters. The molecule has 110 valence electrons. The molecule has 1 rings (SSSR count). The first-order valence-electron chi connectivity index (χ1n) is 6.46. The summed E-state index contributed by atoms with van der Waals surface area (Å²) in [6.07, 6.45) is 2.99. The number of carbonyl (C=O) groups is 2. The van der Waals surface area contributed by atoms with Gasteiger partial charge >= 0.3 is 11.9 Å². The van der Waals surface area contributed by atoms with Gasteiger partial charge in [-0.2, -0.15) is 5.10 Å². The van der Waals surface area contributed by atoms with E-state index in [0.717, 1.165) is 0 Å². The summed E-state index contributed by atoms with van der Waals surface area (Å²) in [5, 5.41) is 6.59. The molecular weight excluding hydrogens is 262 g/mol. The van der Waals surface area contributed by atoms with Gasteiger partial charge in [0.25, 0.3) is 0 Å². The van der Waals surface area contributed by atoms with Crippen LogP contribution in [-0.2, 0) is 19.1 Å². The average molecular weight is 281 g/mol. The van der Waals surface area contributed by atoms with Gasteiger partial charge in [0.05, 0.1) is 19.4 Å². The number of anilines is 1. The Morgan fingerprint density at radius 3 is 2.25 bits per heavy atom. The van der Waals surface area contributed by atoms with E-state index in [9.17, 15) is 9.59 Å². The molecule has 0 saturated carbocycles. The zero-order chi connectivity index (χ0) is 15.0. The van der Waals surface area contributed by atoms with Crippen molar-refractivity contribution in [3.63, 3.8) is 0 Å². The second kappa shape index (κ2) is 7.98. The molecule has 0 bridgehead atoms. The third-order valence-electron chi connectivity index (χ3n) is 2.41. The van der Waals surface area contributed by atoms with Gasteiger partial charge in [-0.05, 0) is 20.8 Å². The Kier molecular flexibility index (Phi) is 6.28. The predicted octanol–water partition coefficient (Wildman–Crippen LogP) is 1.25. The molecule has 1 N–H and O–H groups in total. The van der Waals surface area contributed by atoms with Crippen molar-refractivity contribution < 1.29 is 19.1 Å². The van der Waals surface area contributed by atoms with E-state index in [-0.39, 0.29) is 18.8 Å². The lowest BCUT2D eigenvalue weighted by Gasteiger charge is -2.17. The average Bonchev–Trinajstić information content (AvgIpc) is 2.94. The highest BCUT2D eigenvalue weighted by Gasteiger charge is 2.22. The van der Waals surface area contributed by atoms with Crippen molar-refractivity contribution >= 4 is 17.8 Å². The second-order valence-electron chi connectivity index (χ2n) is 3.71. The number of esters is 2. The molecule has 0 aliphatic heterocycles. The highest BCUT2D eigenvalue weighted by Crippen LogP contribution is 2.12. The largest absolute Gasteiger partial charge is 0.462 e. The van der Waals surface area contributed by atoms with Crippen molar-refractivity contribution in [3.8, 4) is 0 Å². The van der Waals surface area contributed by atoms with Gasteiger partial charge in [0.15, 0.2) is 5.57 Å². The van der Waals surface area contributed by atoms with Gasteiger partial charge in [-0.25, -0.2) is 9.59 Å². The van der Waals surface area contributed by atoms with Gasteiger partial charge in [0.1, 0.15) is 5.82 Å². The lowest BCUT2D eigenvalue weighted by Crippen LogP contribution is -2.24. The van der Waals surface area contributed by atoms with Gasteiger partial charge in [-0.1, -0.05) is 0 Å². The first-order chi connectivity index (χ1) is 9.63. The topological polar surface area (TPSA) is 84.5 Å². The molecule has 0 aliphatic rings. The minimum absolute atomic E-state index is 0.148. The van der Waals surface area contributed by atoms with E-state index < -0.39 is 11.9 Å². The third-order valence-corrected chi connectivity index (χ3v) is 2.41. The van der Waals surface area contributed by atoms with Gasteiger partial charge < -0.3 is 14.4 Å². The summed E-state index contributed by atoms with van der Waals surface area (Å²) >= 11 is 0. The van der Waals surface area contributed by atoms with Gasteiger partial charge in [0.2, 0.25) is 0 Å². The van der Waals surface area contributed by atoms with Crippen molar-refractivity contribution in [2.75, 3.05) is 24.7 Å². The van der Waals surface area contributed by atoms with Gasteiger partial charge in [0, 0.05) is 18.8 Å². The van der Waals surface area contributed by atoms with Crippen molar-refractivity contribution in [2.24, 2.45) is 0 Å². The number of ether oxygens (including phenoxy) is 2. The SMILES string of the molecule is CCOC(=O)C(=CN(CC)c1ccn[nH]1)C(=O)OCC. The van der Waals surface area contributed by atoms with E-state index in [1.165, 1.54) is 6.20 Å². The fourth-order valence-electron chi connectivity index (χ4n) is 1.50. The number of rotatable bonds is 7. The third kappa shape index (κ3) is 4.11. The monoisotopic (exact) mass is 281 g/mol. The Bertz CT molecular complexity index is 448. The molecule has 7 heteroatoms. The van der Waals surface area contributed by atoms with Crippen LogP contribution in [0.5, 0.6) is 0 Å². The molecule has 0 saturated heterocycles. The minimum Gasteiger partial charge on any atom is -0.462 e. The number of nitrogens with zero attached hydrogens (tertiary/aromatic N) is 2. The summed E-state index contributed by atoms with van der Waals surface area (Å²) in [6, 6.07) is 1.73. The Balaban J connectivity index is 3.03. The van der Waals surface area contributed by atoms with Crippen molar-refractivity contribution in [3.05, 3.63) is 24.0 Å². The fourth-order valence-corrected chi connectivity index (χ4v) is 1.50. The summed E-state index contributed by atoms with van der Waals surface area (Å²) < 4.78 is 9.75. The molecule has 1 aromatic rings. The number of H-pyrrole nitrogens is 1. The lowest BCUT2D eigenvalue weighted by atomic mass is 10.3. The molecule has 0 aliphatic carbocycles. The molecule has 0 fully saturated rings. The normalized spacial score (nSPS) is 9.75. The second-order valence-corrected chi connectivity index (χ2v) is 3.71. The van der Waals surface area contributed by atoms with Crippen LogP contribution in [0.3, 0.4) is 0 Å². The van der Waals surface area contributed by atoms with Crippen LogP contribution >= 0.6 is 0 Å². The van der Waals surface area contributed by atoms with Crippen molar-refractivity contribution in [1.29, 1.82) is 0 Å². The molecule has 1 aromatic heterocycles. The highest BCUT2D eigenvalue weighted by molar-refractivity contribution is 6.14. The number of aromatic amines is 1. The number of hydrogen-bond donors (Lipinski definition) is 1. The van der Waals surface area contributed by atoms with Crippen LogP contribution in [0, 0.1) is 0 Å². The first-order valence-corrected chi connectivity index (χ1v) is 6.46. The molecule has 7 nitrogen and oxygen atoms in total. The Morgan fingerprint density at radius 2 is 1.85 bits per heavy atom. The van der Waals surface area contributed by atoms with Crippen molar-refractivity contribution in [1.82, 2.24) is 10.2 Å². The Labute approximate surface area is 117 Å². The number of carbonyl (C=O) groups excluding carboxylic acids is 2. The summed E-state index contributed by atoms with van der Waals surface area (Å²) in [5.41, 5.74) is -0.148. The van der Waals surface area contributed by atoms with Crippen LogP contribution in [0.1, 0.15) is 20.8 Å². The molecule has 0 amide bonds. The van der Waals surface area contributed by atoms with Crippen LogP contribution in [0.2, 0.25) is 0 Å². The standard InChI is InChI=1S/C13H19N3O4/c1-4-16(11-7-8-14-15-11)9-10(12(17)19-5-2)13(18)20-6-3/h7-9H,4-6H2,1-3H3,(H,14,15). The smallest absolute Gasteiger partial charge is 0.347 e. The number of hydrogen-bond acceptors (Lipinski definition) is 6.